The van der Waals surface area contributed by atoms with E-state index in [1.54, 1.807) is 4.90 Å². The lowest BCUT2D eigenvalue weighted by Gasteiger charge is -2.25. The number of carbonyl (C=O) groups excluding carboxylic acids is 2. The van der Waals surface area contributed by atoms with Gasteiger partial charge in [0, 0.05) is 49.8 Å². The number of ether oxygens (including phenoxy) is 1. The summed E-state index contributed by atoms with van der Waals surface area (Å²) in [6.45, 7) is 2.17. The number of rotatable bonds is 2. The maximum Gasteiger partial charge on any atom is 0.251 e. The second-order valence-electron chi connectivity index (χ2n) is 7.27. The molecule has 3 aliphatic rings. The number of carbonyl (C=O) groups is 2. The van der Waals surface area contributed by atoms with E-state index >= 15 is 0 Å². The van der Waals surface area contributed by atoms with E-state index in [0.29, 0.717) is 38.3 Å². The quantitative estimate of drug-likeness (QED) is 0.821. The molecular formula is C18H20F2N2O3. The summed E-state index contributed by atoms with van der Waals surface area (Å²) in [5.74, 6) is -2.00. The predicted molar refractivity (Wildman–Crippen MR) is 85.9 cm³/mol. The van der Waals surface area contributed by atoms with Crippen LogP contribution in [0.25, 0.3) is 0 Å². The van der Waals surface area contributed by atoms with Gasteiger partial charge in [-0.15, -0.1) is 0 Å². The first kappa shape index (κ1) is 16.4. The van der Waals surface area contributed by atoms with Gasteiger partial charge in [-0.25, -0.2) is 8.78 Å². The molecule has 134 valence electrons. The van der Waals surface area contributed by atoms with E-state index < -0.39 is 11.6 Å². The summed E-state index contributed by atoms with van der Waals surface area (Å²) in [5, 5.41) is 0. The largest absolute Gasteiger partial charge is 0.368 e. The van der Waals surface area contributed by atoms with E-state index in [2.05, 4.69) is 0 Å². The molecule has 0 aromatic heterocycles. The average molecular weight is 350 g/mol. The smallest absolute Gasteiger partial charge is 0.251 e. The van der Waals surface area contributed by atoms with Gasteiger partial charge in [0.25, 0.3) is 5.91 Å². The highest BCUT2D eigenvalue weighted by Gasteiger charge is 2.49. The van der Waals surface area contributed by atoms with Crippen LogP contribution in [0.5, 0.6) is 0 Å². The van der Waals surface area contributed by atoms with Gasteiger partial charge in [-0.1, -0.05) is 0 Å². The summed E-state index contributed by atoms with van der Waals surface area (Å²) in [6.07, 6.45) is 2.35. The molecule has 0 bridgehead atoms. The molecule has 4 rings (SSSR count). The van der Waals surface area contributed by atoms with Crippen LogP contribution in [0.4, 0.5) is 14.5 Å². The lowest BCUT2D eigenvalue weighted by atomic mass is 9.86. The van der Waals surface area contributed by atoms with Crippen molar-refractivity contribution in [3.05, 3.63) is 29.8 Å². The Morgan fingerprint density at radius 1 is 1.24 bits per heavy atom. The molecule has 0 aliphatic carbocycles. The number of amides is 2. The highest BCUT2D eigenvalue weighted by Crippen LogP contribution is 2.42. The molecule has 0 N–H and O–H groups in total. The Morgan fingerprint density at radius 2 is 2.08 bits per heavy atom. The van der Waals surface area contributed by atoms with E-state index in [1.165, 1.54) is 11.0 Å². The van der Waals surface area contributed by atoms with Crippen molar-refractivity contribution in [1.82, 2.24) is 4.90 Å². The summed E-state index contributed by atoms with van der Waals surface area (Å²) < 4.78 is 32.1. The molecule has 3 saturated heterocycles. The van der Waals surface area contributed by atoms with Crippen LogP contribution in [0.2, 0.25) is 0 Å². The number of nitrogens with zero attached hydrogens (tertiary/aromatic N) is 2. The van der Waals surface area contributed by atoms with Crippen LogP contribution in [0, 0.1) is 17.0 Å². The number of anilines is 1. The van der Waals surface area contributed by atoms with Gasteiger partial charge in [-0.3, -0.25) is 9.59 Å². The lowest BCUT2D eigenvalue weighted by molar-refractivity contribution is -0.140. The van der Waals surface area contributed by atoms with Gasteiger partial charge < -0.3 is 14.5 Å². The van der Waals surface area contributed by atoms with Crippen molar-refractivity contribution in [1.29, 1.82) is 0 Å². The van der Waals surface area contributed by atoms with Gasteiger partial charge in [-0.05, 0) is 31.4 Å². The van der Waals surface area contributed by atoms with Crippen LogP contribution in [-0.4, -0.2) is 49.1 Å². The van der Waals surface area contributed by atoms with Crippen molar-refractivity contribution in [2.45, 2.75) is 31.8 Å². The molecule has 25 heavy (non-hydrogen) atoms. The maximum atomic E-state index is 13.5. The highest BCUT2D eigenvalue weighted by molar-refractivity contribution is 5.96. The molecule has 3 aliphatic heterocycles. The molecule has 5 nitrogen and oxygen atoms in total. The fraction of sp³-hybridized carbons (Fsp3) is 0.556. The topological polar surface area (TPSA) is 49.9 Å². The zero-order chi connectivity index (χ0) is 17.6. The minimum Gasteiger partial charge on any atom is -0.368 e. The van der Waals surface area contributed by atoms with Crippen LogP contribution in [0.15, 0.2) is 18.2 Å². The van der Waals surface area contributed by atoms with Gasteiger partial charge in [0.1, 0.15) is 6.10 Å². The first-order valence-electron chi connectivity index (χ1n) is 8.63. The minimum atomic E-state index is -0.965. The monoisotopic (exact) mass is 350 g/mol. The van der Waals surface area contributed by atoms with Crippen molar-refractivity contribution in [2.24, 2.45) is 5.41 Å². The molecule has 3 fully saturated rings. The van der Waals surface area contributed by atoms with Crippen molar-refractivity contribution in [3.63, 3.8) is 0 Å². The van der Waals surface area contributed by atoms with Gasteiger partial charge in [-0.2, -0.15) is 0 Å². The molecule has 0 saturated carbocycles. The zero-order valence-electron chi connectivity index (χ0n) is 13.8. The Kier molecular flexibility index (Phi) is 3.98. The SMILES string of the molecule is O=C([C@H]1CCCO1)N1CC[C@@]2(CC(=O)N(c3ccc(F)c(F)c3)C2)C1. The normalized spacial score (nSPS) is 29.2. The van der Waals surface area contributed by atoms with E-state index in [9.17, 15) is 18.4 Å². The Hall–Kier alpha value is -2.02. The molecule has 3 heterocycles. The number of halogens is 2. The fourth-order valence-electron chi connectivity index (χ4n) is 4.16. The number of hydrogen-bond acceptors (Lipinski definition) is 3. The molecule has 2 amide bonds. The molecular weight excluding hydrogens is 330 g/mol. The second kappa shape index (κ2) is 6.05. The molecule has 7 heteroatoms. The standard InChI is InChI=1S/C18H20F2N2O3/c19-13-4-3-12(8-14(13)20)22-11-18(9-16(22)23)5-6-21(10-18)17(24)15-2-1-7-25-15/h3-4,8,15H,1-2,5-7,9-11H2/t15-,18-/m1/s1. The minimum absolute atomic E-state index is 0.00750. The highest BCUT2D eigenvalue weighted by atomic mass is 19.2. The first-order chi connectivity index (χ1) is 12.0. The van der Waals surface area contributed by atoms with Crippen molar-refractivity contribution >= 4 is 17.5 Å². The Labute approximate surface area is 144 Å². The van der Waals surface area contributed by atoms with Crippen LogP contribution in [-0.2, 0) is 14.3 Å². The van der Waals surface area contributed by atoms with E-state index in [-0.39, 0.29) is 23.3 Å². The first-order valence-corrected chi connectivity index (χ1v) is 8.63. The molecule has 0 radical (unpaired) electrons. The third kappa shape index (κ3) is 2.90. The average Bonchev–Trinajstić information content (AvgIpc) is 3.31. The Balaban J connectivity index is 1.48. The van der Waals surface area contributed by atoms with Crippen LogP contribution in [0.3, 0.4) is 0 Å². The number of hydrogen-bond donors (Lipinski definition) is 0. The van der Waals surface area contributed by atoms with Gasteiger partial charge in [0.05, 0.1) is 0 Å². The second-order valence-corrected chi connectivity index (χ2v) is 7.27. The molecule has 1 aromatic carbocycles. The van der Waals surface area contributed by atoms with Crippen molar-refractivity contribution < 1.29 is 23.1 Å². The third-order valence-corrected chi connectivity index (χ3v) is 5.49. The molecule has 1 spiro atoms. The van der Waals surface area contributed by atoms with Gasteiger partial charge in [0.15, 0.2) is 11.6 Å². The van der Waals surface area contributed by atoms with Gasteiger partial charge >= 0.3 is 0 Å². The van der Waals surface area contributed by atoms with E-state index in [4.69, 9.17) is 4.74 Å². The number of benzene rings is 1. The summed E-state index contributed by atoms with van der Waals surface area (Å²) in [7, 11) is 0. The third-order valence-electron chi connectivity index (χ3n) is 5.49. The maximum absolute atomic E-state index is 13.5. The lowest BCUT2D eigenvalue weighted by Crippen LogP contribution is -2.39. The van der Waals surface area contributed by atoms with Crippen molar-refractivity contribution in [2.75, 3.05) is 31.1 Å². The van der Waals surface area contributed by atoms with Crippen molar-refractivity contribution in [3.8, 4) is 0 Å². The summed E-state index contributed by atoms with van der Waals surface area (Å²) >= 11 is 0. The summed E-state index contributed by atoms with van der Waals surface area (Å²) in [4.78, 5) is 28.3. The van der Waals surface area contributed by atoms with E-state index in [0.717, 1.165) is 31.4 Å². The predicted octanol–water partition coefficient (Wildman–Crippen LogP) is 2.10. The van der Waals surface area contributed by atoms with Crippen LogP contribution in [0.1, 0.15) is 25.7 Å². The zero-order valence-corrected chi connectivity index (χ0v) is 13.8. The van der Waals surface area contributed by atoms with Crippen LogP contribution < -0.4 is 4.90 Å². The van der Waals surface area contributed by atoms with Gasteiger partial charge in [0.2, 0.25) is 5.91 Å². The van der Waals surface area contributed by atoms with Crippen LogP contribution >= 0.6 is 0 Å². The van der Waals surface area contributed by atoms with E-state index in [1.807, 2.05) is 0 Å². The molecule has 0 unspecified atom stereocenters. The molecule has 2 atom stereocenters. The summed E-state index contributed by atoms with van der Waals surface area (Å²) in [6, 6.07) is 3.50. The Bertz CT molecular complexity index is 720. The summed E-state index contributed by atoms with van der Waals surface area (Å²) in [5.41, 5.74) is 0.0561. The molecule has 1 aromatic rings. The fourth-order valence-corrected chi connectivity index (χ4v) is 4.16. The Morgan fingerprint density at radius 3 is 2.80 bits per heavy atom. The number of likely N-dealkylation sites (tertiary alicyclic amines) is 1.